The van der Waals surface area contributed by atoms with Gasteiger partial charge < -0.3 is 5.32 Å². The van der Waals surface area contributed by atoms with Crippen molar-refractivity contribution in [1.82, 2.24) is 20.5 Å². The van der Waals surface area contributed by atoms with E-state index in [1.807, 2.05) is 0 Å². The summed E-state index contributed by atoms with van der Waals surface area (Å²) >= 11 is 1.41. The summed E-state index contributed by atoms with van der Waals surface area (Å²) in [4.78, 5) is 16.4. The summed E-state index contributed by atoms with van der Waals surface area (Å²) in [6, 6.07) is 0.251. The lowest BCUT2D eigenvalue weighted by Crippen LogP contribution is -2.33. The summed E-state index contributed by atoms with van der Waals surface area (Å²) in [5.41, 5.74) is 0. The quantitative estimate of drug-likeness (QED) is 0.537. The molecule has 1 aliphatic carbocycles. The first kappa shape index (κ1) is 17.3. The van der Waals surface area contributed by atoms with Crippen molar-refractivity contribution >= 4 is 17.7 Å². The fourth-order valence-electron chi connectivity index (χ4n) is 2.92. The number of thioether (sulfide) groups is 1. The lowest BCUT2D eigenvalue weighted by atomic mass is 10.1. The van der Waals surface area contributed by atoms with Gasteiger partial charge in [-0.2, -0.15) is 0 Å². The minimum absolute atomic E-state index is 0.0706. The van der Waals surface area contributed by atoms with E-state index < -0.39 is 0 Å². The molecule has 1 aromatic rings. The van der Waals surface area contributed by atoms with Crippen LogP contribution in [0.25, 0.3) is 0 Å². The van der Waals surface area contributed by atoms with Crippen LogP contribution in [-0.4, -0.2) is 32.9 Å². The molecular weight excluding hydrogens is 296 g/mol. The third-order valence-corrected chi connectivity index (χ3v) is 5.05. The van der Waals surface area contributed by atoms with E-state index in [1.165, 1.54) is 56.7 Å². The van der Waals surface area contributed by atoms with Crippen LogP contribution in [0.3, 0.4) is 0 Å². The van der Waals surface area contributed by atoms with Gasteiger partial charge in [0.05, 0.1) is 5.75 Å². The zero-order valence-corrected chi connectivity index (χ0v) is 14.5. The van der Waals surface area contributed by atoms with Crippen LogP contribution in [0.2, 0.25) is 0 Å². The highest BCUT2D eigenvalue weighted by Crippen LogP contribution is 2.32. The molecule has 6 heteroatoms. The Hall–Kier alpha value is -1.04. The molecule has 124 valence electrons. The second-order valence-electron chi connectivity index (χ2n) is 6.24. The highest BCUT2D eigenvalue weighted by molar-refractivity contribution is 7.99. The van der Waals surface area contributed by atoms with Gasteiger partial charge in [-0.1, -0.05) is 50.8 Å². The van der Waals surface area contributed by atoms with Crippen LogP contribution < -0.4 is 5.32 Å². The fraction of sp³-hybridized carbons (Fsp3) is 0.812. The number of hydrogen-bond donors (Lipinski definition) is 2. The third-order valence-electron chi connectivity index (χ3n) is 4.20. The number of hydrogen-bond acceptors (Lipinski definition) is 4. The molecule has 0 radical (unpaired) electrons. The summed E-state index contributed by atoms with van der Waals surface area (Å²) < 4.78 is 0. The standard InChI is InChI=1S/C16H28N4OS/c1-3-4-5-8-12(2)17-14(21)11-22-16-18-15(19-20-16)13-9-6-7-10-13/h12-13H,3-11H2,1-2H3,(H,17,21)(H,18,19,20). The highest BCUT2D eigenvalue weighted by Gasteiger charge is 2.20. The number of aromatic amines is 1. The molecule has 1 saturated carbocycles. The number of unbranched alkanes of at least 4 members (excludes halogenated alkanes) is 2. The number of rotatable bonds is 9. The molecule has 1 unspecified atom stereocenters. The zero-order valence-electron chi connectivity index (χ0n) is 13.7. The van der Waals surface area contributed by atoms with Crippen molar-refractivity contribution in [1.29, 1.82) is 0 Å². The summed E-state index contributed by atoms with van der Waals surface area (Å²) in [5, 5.41) is 11.0. The van der Waals surface area contributed by atoms with Crippen molar-refractivity contribution in [2.24, 2.45) is 0 Å². The van der Waals surface area contributed by atoms with Gasteiger partial charge in [-0.3, -0.25) is 9.89 Å². The van der Waals surface area contributed by atoms with Gasteiger partial charge in [-0.05, 0) is 26.2 Å². The molecule has 2 rings (SSSR count). The number of aromatic nitrogens is 3. The van der Waals surface area contributed by atoms with E-state index in [9.17, 15) is 4.79 Å². The largest absolute Gasteiger partial charge is 0.353 e. The Morgan fingerprint density at radius 2 is 2.18 bits per heavy atom. The fourth-order valence-corrected chi connectivity index (χ4v) is 3.54. The maximum absolute atomic E-state index is 11.9. The molecule has 2 N–H and O–H groups in total. The number of carbonyl (C=O) groups is 1. The maximum Gasteiger partial charge on any atom is 0.230 e. The number of carbonyl (C=O) groups excluding carboxylic acids is 1. The van der Waals surface area contributed by atoms with Gasteiger partial charge in [-0.15, -0.1) is 5.10 Å². The van der Waals surface area contributed by atoms with Gasteiger partial charge in [0.1, 0.15) is 5.82 Å². The van der Waals surface area contributed by atoms with Gasteiger partial charge in [0, 0.05) is 12.0 Å². The van der Waals surface area contributed by atoms with E-state index >= 15 is 0 Å². The SMILES string of the molecule is CCCCCC(C)NC(=O)CSc1n[nH]c(C2CCCC2)n1. The molecule has 0 spiro atoms. The summed E-state index contributed by atoms with van der Waals surface area (Å²) in [6.45, 7) is 4.26. The highest BCUT2D eigenvalue weighted by atomic mass is 32.2. The van der Waals surface area contributed by atoms with E-state index in [1.54, 1.807) is 0 Å². The number of amides is 1. The van der Waals surface area contributed by atoms with Crippen LogP contribution >= 0.6 is 11.8 Å². The summed E-state index contributed by atoms with van der Waals surface area (Å²) in [5.74, 6) is 1.99. The lowest BCUT2D eigenvalue weighted by Gasteiger charge is -2.12. The Morgan fingerprint density at radius 1 is 1.41 bits per heavy atom. The van der Waals surface area contributed by atoms with Crippen molar-refractivity contribution in [2.45, 2.75) is 82.3 Å². The molecule has 0 aromatic carbocycles. The maximum atomic E-state index is 11.9. The Balaban J connectivity index is 1.67. The summed E-state index contributed by atoms with van der Waals surface area (Å²) in [7, 11) is 0. The Labute approximate surface area is 137 Å². The van der Waals surface area contributed by atoms with Crippen molar-refractivity contribution in [3.05, 3.63) is 5.82 Å². The minimum Gasteiger partial charge on any atom is -0.353 e. The molecular formula is C16H28N4OS. The van der Waals surface area contributed by atoms with Crippen LogP contribution in [0.15, 0.2) is 5.16 Å². The average Bonchev–Trinajstić information content (AvgIpc) is 3.16. The van der Waals surface area contributed by atoms with Crippen molar-refractivity contribution in [2.75, 3.05) is 5.75 Å². The smallest absolute Gasteiger partial charge is 0.230 e. The Kier molecular flexibility index (Phi) is 7.22. The Bertz CT molecular complexity index is 457. The van der Waals surface area contributed by atoms with Gasteiger partial charge in [0.2, 0.25) is 11.1 Å². The second kappa shape index (κ2) is 9.18. The molecule has 1 heterocycles. The first-order valence-corrected chi connectivity index (χ1v) is 9.52. The van der Waals surface area contributed by atoms with Crippen LogP contribution in [0, 0.1) is 0 Å². The van der Waals surface area contributed by atoms with Gasteiger partial charge >= 0.3 is 0 Å². The van der Waals surface area contributed by atoms with E-state index in [4.69, 9.17) is 0 Å². The molecule has 0 bridgehead atoms. The van der Waals surface area contributed by atoms with Crippen LogP contribution in [-0.2, 0) is 4.79 Å². The predicted molar refractivity (Wildman–Crippen MR) is 90.1 cm³/mol. The minimum atomic E-state index is 0.0706. The van der Waals surface area contributed by atoms with Crippen molar-refractivity contribution < 1.29 is 4.79 Å². The van der Waals surface area contributed by atoms with Crippen LogP contribution in [0.4, 0.5) is 0 Å². The van der Waals surface area contributed by atoms with Crippen LogP contribution in [0.1, 0.15) is 77.0 Å². The molecule has 0 aliphatic heterocycles. The van der Waals surface area contributed by atoms with Crippen LogP contribution in [0.5, 0.6) is 0 Å². The molecule has 1 fully saturated rings. The molecule has 1 aromatic heterocycles. The molecule has 1 amide bonds. The van der Waals surface area contributed by atoms with E-state index in [-0.39, 0.29) is 11.9 Å². The number of nitrogens with zero attached hydrogens (tertiary/aromatic N) is 2. The molecule has 22 heavy (non-hydrogen) atoms. The van der Waals surface area contributed by atoms with Crippen molar-refractivity contribution in [3.63, 3.8) is 0 Å². The van der Waals surface area contributed by atoms with E-state index in [0.717, 1.165) is 12.2 Å². The first-order chi connectivity index (χ1) is 10.7. The molecule has 5 nitrogen and oxygen atoms in total. The van der Waals surface area contributed by atoms with Gasteiger partial charge in [0.15, 0.2) is 0 Å². The zero-order chi connectivity index (χ0) is 15.8. The topological polar surface area (TPSA) is 70.7 Å². The average molecular weight is 324 g/mol. The molecule has 1 atom stereocenters. The van der Waals surface area contributed by atoms with E-state index in [0.29, 0.717) is 16.8 Å². The number of nitrogens with one attached hydrogen (secondary N) is 2. The van der Waals surface area contributed by atoms with Crippen molar-refractivity contribution in [3.8, 4) is 0 Å². The lowest BCUT2D eigenvalue weighted by molar-refractivity contribution is -0.119. The number of H-pyrrole nitrogens is 1. The first-order valence-electron chi connectivity index (χ1n) is 8.53. The van der Waals surface area contributed by atoms with E-state index in [2.05, 4.69) is 34.3 Å². The van der Waals surface area contributed by atoms with Gasteiger partial charge in [-0.25, -0.2) is 4.98 Å². The normalized spacial score (nSPS) is 16.8. The summed E-state index contributed by atoms with van der Waals surface area (Å²) in [6.07, 6.45) is 9.65. The monoisotopic (exact) mass is 324 g/mol. The molecule has 1 aliphatic rings. The molecule has 0 saturated heterocycles. The second-order valence-corrected chi connectivity index (χ2v) is 7.18. The van der Waals surface area contributed by atoms with Gasteiger partial charge in [0.25, 0.3) is 0 Å². The third kappa shape index (κ3) is 5.63. The predicted octanol–water partition coefficient (Wildman–Crippen LogP) is 3.64. The Morgan fingerprint density at radius 3 is 2.91 bits per heavy atom.